The molecule has 0 saturated heterocycles. The molecule has 1 atom stereocenters. The molecule has 2 aromatic rings. The number of rotatable bonds is 2. The van der Waals surface area contributed by atoms with E-state index >= 15 is 0 Å². The van der Waals surface area contributed by atoms with Crippen LogP contribution in [0, 0.1) is 12.3 Å². The Morgan fingerprint density at radius 2 is 1.79 bits per heavy atom. The van der Waals surface area contributed by atoms with Crippen LogP contribution in [0.2, 0.25) is 0 Å². The summed E-state index contributed by atoms with van der Waals surface area (Å²) in [6, 6.07) is 19.2. The fourth-order valence-corrected chi connectivity index (χ4v) is 2.80. The van der Waals surface area contributed by atoms with Gasteiger partial charge in [-0.2, -0.15) is 0 Å². The Labute approximate surface area is 114 Å². The molecule has 0 aliphatic carbocycles. The summed E-state index contributed by atoms with van der Waals surface area (Å²) in [6.07, 6.45) is 6.85. The summed E-state index contributed by atoms with van der Waals surface area (Å²) in [5, 5.41) is 0. The molecule has 2 aromatic carbocycles. The van der Waals surface area contributed by atoms with Crippen LogP contribution < -0.4 is 0 Å². The van der Waals surface area contributed by atoms with Gasteiger partial charge in [0, 0.05) is 13.1 Å². The van der Waals surface area contributed by atoms with E-state index in [9.17, 15) is 0 Å². The van der Waals surface area contributed by atoms with E-state index in [1.165, 1.54) is 16.7 Å². The lowest BCUT2D eigenvalue weighted by Gasteiger charge is -2.34. The summed E-state index contributed by atoms with van der Waals surface area (Å²) in [5.74, 6) is 2.96. The lowest BCUT2D eigenvalue weighted by Crippen LogP contribution is -2.34. The van der Waals surface area contributed by atoms with Crippen LogP contribution in [0.5, 0.6) is 0 Å². The van der Waals surface area contributed by atoms with Gasteiger partial charge in [-0.3, -0.25) is 4.90 Å². The van der Waals surface area contributed by atoms with E-state index in [1.54, 1.807) is 0 Å². The summed E-state index contributed by atoms with van der Waals surface area (Å²) >= 11 is 0. The minimum Gasteiger partial charge on any atom is -0.281 e. The molecule has 0 spiro atoms. The quantitative estimate of drug-likeness (QED) is 0.735. The zero-order valence-corrected chi connectivity index (χ0v) is 10.9. The maximum atomic E-state index is 5.77. The smallest absolute Gasteiger partial charge is 0.0973 e. The molecule has 0 bridgehead atoms. The molecule has 1 aliphatic rings. The van der Waals surface area contributed by atoms with Crippen molar-refractivity contribution < 1.29 is 0 Å². The first-order chi connectivity index (χ1) is 9.38. The van der Waals surface area contributed by atoms with E-state index in [4.69, 9.17) is 6.42 Å². The van der Waals surface area contributed by atoms with Crippen LogP contribution in [-0.4, -0.2) is 11.4 Å². The van der Waals surface area contributed by atoms with Gasteiger partial charge >= 0.3 is 0 Å². The number of hydrogen-bond acceptors (Lipinski definition) is 1. The van der Waals surface area contributed by atoms with E-state index in [-0.39, 0.29) is 6.04 Å². The lowest BCUT2D eigenvalue weighted by atomic mass is 9.92. The molecule has 0 amide bonds. The predicted octanol–water partition coefficient (Wildman–Crippen LogP) is 3.42. The first-order valence-corrected chi connectivity index (χ1v) is 6.70. The van der Waals surface area contributed by atoms with Crippen molar-refractivity contribution in [3.8, 4) is 12.3 Å². The second-order valence-corrected chi connectivity index (χ2v) is 4.97. The average molecular weight is 247 g/mol. The molecule has 0 saturated carbocycles. The van der Waals surface area contributed by atoms with Crippen LogP contribution in [0.4, 0.5) is 0 Å². The van der Waals surface area contributed by atoms with Crippen molar-refractivity contribution in [3.05, 3.63) is 71.3 Å². The van der Waals surface area contributed by atoms with Gasteiger partial charge in [0.1, 0.15) is 0 Å². The Balaban J connectivity index is 1.87. The van der Waals surface area contributed by atoms with Crippen molar-refractivity contribution in [1.82, 2.24) is 4.90 Å². The summed E-state index contributed by atoms with van der Waals surface area (Å²) in [4.78, 5) is 2.39. The van der Waals surface area contributed by atoms with E-state index in [2.05, 4.69) is 59.4 Å². The normalized spacial score (nSPS) is 18.6. The van der Waals surface area contributed by atoms with Crippen molar-refractivity contribution in [3.63, 3.8) is 0 Å². The van der Waals surface area contributed by atoms with E-state index < -0.39 is 0 Å². The van der Waals surface area contributed by atoms with Crippen LogP contribution in [0.25, 0.3) is 0 Å². The third kappa shape index (κ3) is 2.41. The lowest BCUT2D eigenvalue weighted by molar-refractivity contribution is 0.217. The predicted molar refractivity (Wildman–Crippen MR) is 78.6 cm³/mol. The average Bonchev–Trinajstić information content (AvgIpc) is 2.48. The van der Waals surface area contributed by atoms with Gasteiger partial charge in [0.25, 0.3) is 0 Å². The fraction of sp³-hybridized carbons (Fsp3) is 0.222. The van der Waals surface area contributed by atoms with E-state index in [0.717, 1.165) is 19.5 Å². The number of nitrogens with zero attached hydrogens (tertiary/aromatic N) is 1. The molecule has 0 fully saturated rings. The second kappa shape index (κ2) is 5.30. The van der Waals surface area contributed by atoms with Crippen molar-refractivity contribution in [2.24, 2.45) is 0 Å². The topological polar surface area (TPSA) is 3.24 Å². The standard InChI is InChI=1S/C18H17N/c1-2-18-17-11-7-6-10-16(17)12-13-19(18)14-15-8-4-3-5-9-15/h1,3-11,18H,12-14H2. The van der Waals surface area contributed by atoms with Crippen LogP contribution in [0.1, 0.15) is 22.7 Å². The van der Waals surface area contributed by atoms with Crippen molar-refractivity contribution in [2.45, 2.75) is 19.0 Å². The maximum Gasteiger partial charge on any atom is 0.0973 e. The molecular weight excluding hydrogens is 230 g/mol. The zero-order valence-electron chi connectivity index (χ0n) is 10.9. The van der Waals surface area contributed by atoms with Gasteiger partial charge < -0.3 is 0 Å². The Kier molecular flexibility index (Phi) is 3.35. The van der Waals surface area contributed by atoms with Gasteiger partial charge in [-0.1, -0.05) is 60.5 Å². The number of terminal acetylenes is 1. The van der Waals surface area contributed by atoms with Gasteiger partial charge in [0.15, 0.2) is 0 Å². The molecule has 1 heterocycles. The highest BCUT2D eigenvalue weighted by Gasteiger charge is 2.25. The highest BCUT2D eigenvalue weighted by atomic mass is 15.2. The molecule has 3 rings (SSSR count). The summed E-state index contributed by atoms with van der Waals surface area (Å²) in [7, 11) is 0. The first-order valence-electron chi connectivity index (χ1n) is 6.70. The summed E-state index contributed by atoms with van der Waals surface area (Å²) < 4.78 is 0. The molecule has 1 nitrogen and oxygen atoms in total. The molecular formula is C18H17N. The number of hydrogen-bond donors (Lipinski definition) is 0. The monoisotopic (exact) mass is 247 g/mol. The third-order valence-electron chi connectivity index (χ3n) is 3.77. The highest BCUT2D eigenvalue weighted by Crippen LogP contribution is 2.30. The Hall–Kier alpha value is -2.04. The van der Waals surface area contributed by atoms with Gasteiger partial charge in [-0.05, 0) is 23.1 Å². The minimum absolute atomic E-state index is 0.102. The van der Waals surface area contributed by atoms with Crippen molar-refractivity contribution in [1.29, 1.82) is 0 Å². The van der Waals surface area contributed by atoms with Gasteiger partial charge in [-0.25, -0.2) is 0 Å². The molecule has 1 heteroatoms. The molecule has 1 aliphatic heterocycles. The van der Waals surface area contributed by atoms with Crippen LogP contribution in [-0.2, 0) is 13.0 Å². The van der Waals surface area contributed by atoms with Gasteiger partial charge in [-0.15, -0.1) is 6.42 Å². The van der Waals surface area contributed by atoms with Crippen LogP contribution in [0.3, 0.4) is 0 Å². The highest BCUT2D eigenvalue weighted by molar-refractivity contribution is 5.37. The SMILES string of the molecule is C#CC1c2ccccc2CCN1Cc1ccccc1. The zero-order chi connectivity index (χ0) is 13.1. The molecule has 0 aromatic heterocycles. The molecule has 1 unspecified atom stereocenters. The maximum absolute atomic E-state index is 5.77. The minimum atomic E-state index is 0.102. The largest absolute Gasteiger partial charge is 0.281 e. The molecule has 19 heavy (non-hydrogen) atoms. The Bertz CT molecular complexity index is 595. The first kappa shape index (κ1) is 12.0. The summed E-state index contributed by atoms with van der Waals surface area (Å²) in [6.45, 7) is 1.95. The number of benzene rings is 2. The molecule has 94 valence electrons. The third-order valence-corrected chi connectivity index (χ3v) is 3.77. The van der Waals surface area contributed by atoms with Crippen molar-refractivity contribution >= 4 is 0 Å². The fourth-order valence-electron chi connectivity index (χ4n) is 2.80. The van der Waals surface area contributed by atoms with Gasteiger partial charge in [0.05, 0.1) is 6.04 Å². The Morgan fingerprint density at radius 1 is 1.05 bits per heavy atom. The van der Waals surface area contributed by atoms with E-state index in [0.29, 0.717) is 0 Å². The van der Waals surface area contributed by atoms with Crippen LogP contribution >= 0.6 is 0 Å². The van der Waals surface area contributed by atoms with Gasteiger partial charge in [0.2, 0.25) is 0 Å². The molecule has 0 radical (unpaired) electrons. The van der Waals surface area contributed by atoms with E-state index in [1.807, 2.05) is 6.07 Å². The second-order valence-electron chi connectivity index (χ2n) is 4.97. The Morgan fingerprint density at radius 3 is 2.58 bits per heavy atom. The molecule has 0 N–H and O–H groups in total. The van der Waals surface area contributed by atoms with Crippen LogP contribution in [0.15, 0.2) is 54.6 Å². The number of fused-ring (bicyclic) bond motifs is 1. The van der Waals surface area contributed by atoms with Crippen molar-refractivity contribution in [2.75, 3.05) is 6.54 Å². The summed E-state index contributed by atoms with van der Waals surface area (Å²) in [5.41, 5.74) is 4.02.